The first-order valence-electron chi connectivity index (χ1n) is 5.98. The second kappa shape index (κ2) is 5.12. The fourth-order valence-electron chi connectivity index (χ4n) is 2.10. The molecule has 0 amide bonds. The summed E-state index contributed by atoms with van der Waals surface area (Å²) >= 11 is 6.02. The van der Waals surface area contributed by atoms with Crippen molar-refractivity contribution in [2.75, 3.05) is 0 Å². The standard InChI is InChI=1S/C14H18ClN3/c1-9-6-11(4-5-13(9)15)14(16)8-12-7-10(2)17-18(12)3/h4-7,14H,8,16H2,1-3H3. The molecule has 0 spiro atoms. The van der Waals surface area contributed by atoms with Gasteiger partial charge in [-0.15, -0.1) is 0 Å². The van der Waals surface area contributed by atoms with Gasteiger partial charge in [0.05, 0.1) is 5.69 Å². The summed E-state index contributed by atoms with van der Waals surface area (Å²) in [7, 11) is 1.95. The molecule has 0 radical (unpaired) electrons. The van der Waals surface area contributed by atoms with Crippen LogP contribution in [0.5, 0.6) is 0 Å². The molecule has 1 heterocycles. The van der Waals surface area contributed by atoms with Crippen LogP contribution in [-0.2, 0) is 13.5 Å². The SMILES string of the molecule is Cc1cc(CC(N)c2ccc(Cl)c(C)c2)n(C)n1. The molecule has 1 unspecified atom stereocenters. The maximum atomic E-state index is 6.24. The minimum absolute atomic E-state index is 0.0317. The van der Waals surface area contributed by atoms with Crippen molar-refractivity contribution in [1.29, 1.82) is 0 Å². The van der Waals surface area contributed by atoms with Gasteiger partial charge in [0.15, 0.2) is 0 Å². The van der Waals surface area contributed by atoms with Crippen molar-refractivity contribution < 1.29 is 0 Å². The highest BCUT2D eigenvalue weighted by molar-refractivity contribution is 6.31. The van der Waals surface area contributed by atoms with E-state index in [9.17, 15) is 0 Å². The van der Waals surface area contributed by atoms with Gasteiger partial charge in [-0.1, -0.05) is 23.7 Å². The van der Waals surface area contributed by atoms with Gasteiger partial charge in [-0.05, 0) is 37.1 Å². The van der Waals surface area contributed by atoms with Crippen LogP contribution >= 0.6 is 11.6 Å². The van der Waals surface area contributed by atoms with Crippen LogP contribution < -0.4 is 5.73 Å². The van der Waals surface area contributed by atoms with E-state index in [1.165, 1.54) is 0 Å². The largest absolute Gasteiger partial charge is 0.324 e. The number of nitrogens with zero attached hydrogens (tertiary/aromatic N) is 2. The first-order valence-corrected chi connectivity index (χ1v) is 6.36. The number of rotatable bonds is 3. The second-order valence-electron chi connectivity index (χ2n) is 4.72. The first-order chi connectivity index (χ1) is 8.47. The van der Waals surface area contributed by atoms with E-state index >= 15 is 0 Å². The van der Waals surface area contributed by atoms with Gasteiger partial charge in [-0.2, -0.15) is 5.10 Å². The molecule has 0 saturated carbocycles. The highest BCUT2D eigenvalue weighted by Gasteiger charge is 2.11. The number of hydrogen-bond acceptors (Lipinski definition) is 2. The maximum absolute atomic E-state index is 6.24. The maximum Gasteiger partial charge on any atom is 0.0596 e. The highest BCUT2D eigenvalue weighted by atomic mass is 35.5. The summed E-state index contributed by atoms with van der Waals surface area (Å²) in [6.45, 7) is 3.98. The van der Waals surface area contributed by atoms with Crippen molar-refractivity contribution in [3.05, 3.63) is 51.8 Å². The molecule has 1 aromatic carbocycles. The third-order valence-corrected chi connectivity index (χ3v) is 3.56. The van der Waals surface area contributed by atoms with E-state index in [1.54, 1.807) is 0 Å². The number of aromatic nitrogens is 2. The Balaban J connectivity index is 2.19. The lowest BCUT2D eigenvalue weighted by Gasteiger charge is -2.13. The third kappa shape index (κ3) is 2.74. The number of halogens is 1. The predicted octanol–water partition coefficient (Wildman–Crippen LogP) is 2.93. The van der Waals surface area contributed by atoms with Gasteiger partial charge < -0.3 is 5.73 Å². The Morgan fingerprint density at radius 2 is 2.06 bits per heavy atom. The summed E-state index contributed by atoms with van der Waals surface area (Å²) in [5.74, 6) is 0. The van der Waals surface area contributed by atoms with E-state index in [0.29, 0.717) is 0 Å². The van der Waals surface area contributed by atoms with E-state index in [2.05, 4.69) is 17.2 Å². The van der Waals surface area contributed by atoms with Gasteiger partial charge in [0.1, 0.15) is 0 Å². The van der Waals surface area contributed by atoms with E-state index < -0.39 is 0 Å². The average Bonchev–Trinajstić information content (AvgIpc) is 2.61. The summed E-state index contributed by atoms with van der Waals surface area (Å²) in [6, 6.07) is 7.98. The predicted molar refractivity (Wildman–Crippen MR) is 74.8 cm³/mol. The molecule has 0 bridgehead atoms. The smallest absolute Gasteiger partial charge is 0.0596 e. The lowest BCUT2D eigenvalue weighted by atomic mass is 10.0. The van der Waals surface area contributed by atoms with Crippen LogP contribution in [0.4, 0.5) is 0 Å². The zero-order valence-electron chi connectivity index (χ0n) is 10.9. The quantitative estimate of drug-likeness (QED) is 0.925. The van der Waals surface area contributed by atoms with Crippen LogP contribution in [0.2, 0.25) is 5.02 Å². The lowest BCUT2D eigenvalue weighted by Crippen LogP contribution is -2.15. The summed E-state index contributed by atoms with van der Waals surface area (Å²) in [6.07, 6.45) is 0.776. The van der Waals surface area contributed by atoms with Gasteiger partial charge in [-0.25, -0.2) is 0 Å². The van der Waals surface area contributed by atoms with Crippen molar-refractivity contribution >= 4 is 11.6 Å². The summed E-state index contributed by atoms with van der Waals surface area (Å²) in [5, 5.41) is 5.11. The van der Waals surface area contributed by atoms with Crippen molar-refractivity contribution in [1.82, 2.24) is 9.78 Å². The molecule has 2 rings (SSSR count). The molecule has 3 nitrogen and oxygen atoms in total. The molecular weight excluding hydrogens is 246 g/mol. The van der Waals surface area contributed by atoms with Crippen molar-refractivity contribution in [2.24, 2.45) is 12.8 Å². The van der Waals surface area contributed by atoms with Gasteiger partial charge >= 0.3 is 0 Å². The molecule has 2 aromatic rings. The highest BCUT2D eigenvalue weighted by Crippen LogP contribution is 2.22. The zero-order valence-corrected chi connectivity index (χ0v) is 11.7. The normalized spacial score (nSPS) is 12.7. The van der Waals surface area contributed by atoms with Crippen LogP contribution in [0, 0.1) is 13.8 Å². The molecule has 4 heteroatoms. The third-order valence-electron chi connectivity index (χ3n) is 3.14. The fraction of sp³-hybridized carbons (Fsp3) is 0.357. The van der Waals surface area contributed by atoms with Crippen LogP contribution in [0.1, 0.15) is 28.6 Å². The van der Waals surface area contributed by atoms with Crippen LogP contribution in [0.25, 0.3) is 0 Å². The molecule has 96 valence electrons. The number of hydrogen-bond donors (Lipinski definition) is 1. The van der Waals surface area contributed by atoms with E-state index in [4.69, 9.17) is 17.3 Å². The molecule has 2 N–H and O–H groups in total. The van der Waals surface area contributed by atoms with E-state index in [0.717, 1.165) is 34.0 Å². The van der Waals surface area contributed by atoms with Gasteiger partial charge in [0, 0.05) is 30.2 Å². The Morgan fingerprint density at radius 1 is 1.33 bits per heavy atom. The molecule has 0 fully saturated rings. The summed E-state index contributed by atoms with van der Waals surface area (Å²) in [4.78, 5) is 0. The molecule has 0 aliphatic carbocycles. The molecule has 0 aliphatic heterocycles. The lowest BCUT2D eigenvalue weighted by molar-refractivity contribution is 0.639. The topological polar surface area (TPSA) is 43.8 Å². The van der Waals surface area contributed by atoms with E-state index in [-0.39, 0.29) is 6.04 Å². The molecule has 1 atom stereocenters. The minimum atomic E-state index is -0.0317. The molecule has 18 heavy (non-hydrogen) atoms. The monoisotopic (exact) mass is 263 g/mol. The molecule has 0 aliphatic rings. The average molecular weight is 264 g/mol. The Hall–Kier alpha value is -1.32. The Labute approximate surface area is 113 Å². The van der Waals surface area contributed by atoms with Crippen molar-refractivity contribution in [3.63, 3.8) is 0 Å². The fourth-order valence-corrected chi connectivity index (χ4v) is 2.21. The number of aryl methyl sites for hydroxylation is 3. The van der Waals surface area contributed by atoms with Crippen molar-refractivity contribution in [2.45, 2.75) is 26.3 Å². The molecular formula is C14H18ClN3. The minimum Gasteiger partial charge on any atom is -0.324 e. The van der Waals surface area contributed by atoms with Crippen molar-refractivity contribution in [3.8, 4) is 0 Å². The van der Waals surface area contributed by atoms with Crippen LogP contribution in [0.15, 0.2) is 24.3 Å². The van der Waals surface area contributed by atoms with Gasteiger partial charge in [-0.3, -0.25) is 4.68 Å². The van der Waals surface area contributed by atoms with Gasteiger partial charge in [0.2, 0.25) is 0 Å². The van der Waals surface area contributed by atoms with Crippen LogP contribution in [-0.4, -0.2) is 9.78 Å². The zero-order chi connectivity index (χ0) is 13.3. The van der Waals surface area contributed by atoms with Crippen LogP contribution in [0.3, 0.4) is 0 Å². The Bertz CT molecular complexity index is 560. The Kier molecular flexibility index (Phi) is 3.73. The van der Waals surface area contributed by atoms with E-state index in [1.807, 2.05) is 37.7 Å². The Morgan fingerprint density at radius 3 is 2.61 bits per heavy atom. The first kappa shape index (κ1) is 13.1. The summed E-state index contributed by atoms with van der Waals surface area (Å²) < 4.78 is 1.89. The number of benzene rings is 1. The molecule has 0 saturated heterocycles. The number of nitrogens with two attached hydrogens (primary N) is 1. The van der Waals surface area contributed by atoms with Gasteiger partial charge in [0.25, 0.3) is 0 Å². The second-order valence-corrected chi connectivity index (χ2v) is 5.13. The summed E-state index contributed by atoms with van der Waals surface area (Å²) in [5.41, 5.74) is 10.6. The molecule has 1 aromatic heterocycles.